The Balaban J connectivity index is 1.72. The van der Waals surface area contributed by atoms with E-state index < -0.39 is 0 Å². The van der Waals surface area contributed by atoms with Gasteiger partial charge in [0.25, 0.3) is 0 Å². The molecule has 0 spiro atoms. The van der Waals surface area contributed by atoms with Gasteiger partial charge in [0.1, 0.15) is 0 Å². The van der Waals surface area contributed by atoms with E-state index in [2.05, 4.69) is 43.4 Å². The second-order valence-electron chi connectivity index (χ2n) is 7.35. The molecule has 3 fully saturated rings. The molecule has 3 saturated carbocycles. The molecule has 0 aromatic heterocycles. The minimum atomic E-state index is -0.0155. The first-order valence-electron chi connectivity index (χ1n) is 8.48. The highest BCUT2D eigenvalue weighted by atomic mass is 16.5. The van der Waals surface area contributed by atoms with Gasteiger partial charge in [-0.05, 0) is 42.6 Å². The zero-order chi connectivity index (χ0) is 15.7. The van der Waals surface area contributed by atoms with Crippen molar-refractivity contribution in [3.8, 4) is 0 Å². The highest BCUT2D eigenvalue weighted by molar-refractivity contribution is 5.74. The Labute approximate surface area is 133 Å². The summed E-state index contributed by atoms with van der Waals surface area (Å²) >= 11 is 0. The van der Waals surface area contributed by atoms with Gasteiger partial charge >= 0.3 is 5.97 Å². The van der Waals surface area contributed by atoms with Crippen molar-refractivity contribution in [2.45, 2.75) is 46.2 Å². The molecule has 0 unspecified atom stereocenters. The van der Waals surface area contributed by atoms with Crippen LogP contribution in [-0.4, -0.2) is 18.6 Å². The van der Waals surface area contributed by atoms with Crippen molar-refractivity contribution in [1.29, 1.82) is 0 Å². The summed E-state index contributed by atoms with van der Waals surface area (Å²) in [7, 11) is 0. The maximum absolute atomic E-state index is 12.3. The van der Waals surface area contributed by atoms with E-state index in [0.29, 0.717) is 23.9 Å². The quantitative estimate of drug-likeness (QED) is 0.847. The molecule has 3 aliphatic carbocycles. The van der Waals surface area contributed by atoms with Crippen LogP contribution in [0.1, 0.15) is 39.2 Å². The van der Waals surface area contributed by atoms with Crippen LogP contribution < -0.4 is 5.32 Å². The number of carbonyl (C=O) groups excluding carboxylic acids is 1. The predicted octanol–water partition coefficient (Wildman–Crippen LogP) is 3.39. The molecule has 0 amide bonds. The van der Waals surface area contributed by atoms with E-state index in [0.717, 1.165) is 13.0 Å². The van der Waals surface area contributed by atoms with Gasteiger partial charge in [0, 0.05) is 12.6 Å². The van der Waals surface area contributed by atoms with Gasteiger partial charge < -0.3 is 10.1 Å². The van der Waals surface area contributed by atoms with E-state index in [4.69, 9.17) is 4.74 Å². The summed E-state index contributed by atoms with van der Waals surface area (Å²) in [6, 6.07) is 10.6. The van der Waals surface area contributed by atoms with Gasteiger partial charge in [0.15, 0.2) is 0 Å². The molecule has 3 nitrogen and oxygen atoms in total. The van der Waals surface area contributed by atoms with Crippen molar-refractivity contribution in [2.24, 2.45) is 23.2 Å². The Morgan fingerprint density at radius 1 is 1.27 bits per heavy atom. The Morgan fingerprint density at radius 3 is 2.64 bits per heavy atom. The lowest BCUT2D eigenvalue weighted by molar-refractivity contribution is -0.167. The van der Waals surface area contributed by atoms with E-state index in [1.54, 1.807) is 0 Å². The van der Waals surface area contributed by atoms with Crippen LogP contribution in [0.2, 0.25) is 0 Å². The lowest BCUT2D eigenvalue weighted by Crippen LogP contribution is -2.64. The zero-order valence-corrected chi connectivity index (χ0v) is 13.8. The first-order valence-corrected chi connectivity index (χ1v) is 8.48. The van der Waals surface area contributed by atoms with Crippen LogP contribution in [0.5, 0.6) is 0 Å². The smallest absolute Gasteiger partial charge is 0.310 e. The molecule has 120 valence electrons. The third kappa shape index (κ3) is 2.67. The standard InChI is InChI=1S/C19H27NO2/c1-4-22-18(21)15-10-14-11-16(19(14,2)3)17(15)20-12-13-8-6-5-7-9-13/h5-9,14-17,20H,4,10-12H2,1-3H3/t14-,15+,16-,17-/m0/s1. The largest absolute Gasteiger partial charge is 0.466 e. The molecule has 0 saturated heterocycles. The number of esters is 1. The predicted molar refractivity (Wildman–Crippen MR) is 87.2 cm³/mol. The molecule has 1 N–H and O–H groups in total. The van der Waals surface area contributed by atoms with E-state index >= 15 is 0 Å². The van der Waals surface area contributed by atoms with Gasteiger partial charge in [-0.3, -0.25) is 4.79 Å². The molecule has 1 aromatic carbocycles. The molecule has 22 heavy (non-hydrogen) atoms. The molecule has 1 aromatic rings. The maximum atomic E-state index is 12.3. The summed E-state index contributed by atoms with van der Waals surface area (Å²) in [5.41, 5.74) is 1.61. The number of hydrogen-bond donors (Lipinski definition) is 1. The Kier molecular flexibility index (Phi) is 4.26. The lowest BCUT2D eigenvalue weighted by atomic mass is 9.45. The van der Waals surface area contributed by atoms with Crippen LogP contribution in [0.25, 0.3) is 0 Å². The highest BCUT2D eigenvalue weighted by Crippen LogP contribution is 2.60. The van der Waals surface area contributed by atoms with Gasteiger partial charge in [0.05, 0.1) is 12.5 Å². The molecule has 2 bridgehead atoms. The van der Waals surface area contributed by atoms with Crippen LogP contribution >= 0.6 is 0 Å². The van der Waals surface area contributed by atoms with Crippen LogP contribution in [0, 0.1) is 23.2 Å². The van der Waals surface area contributed by atoms with Gasteiger partial charge in [-0.25, -0.2) is 0 Å². The maximum Gasteiger partial charge on any atom is 0.310 e. The molecular weight excluding hydrogens is 274 g/mol. The fourth-order valence-corrected chi connectivity index (χ4v) is 4.41. The van der Waals surface area contributed by atoms with Crippen LogP contribution in [0.4, 0.5) is 0 Å². The Bertz CT molecular complexity index is 525. The molecular formula is C19H27NO2. The number of carbonyl (C=O) groups is 1. The van der Waals surface area contributed by atoms with E-state index in [1.165, 1.54) is 12.0 Å². The molecule has 4 atom stereocenters. The van der Waals surface area contributed by atoms with Gasteiger partial charge in [-0.15, -0.1) is 0 Å². The van der Waals surface area contributed by atoms with Crippen molar-refractivity contribution in [2.75, 3.05) is 6.61 Å². The second-order valence-corrected chi connectivity index (χ2v) is 7.35. The molecule has 0 heterocycles. The number of benzene rings is 1. The summed E-state index contributed by atoms with van der Waals surface area (Å²) in [6.45, 7) is 7.88. The van der Waals surface area contributed by atoms with Crippen molar-refractivity contribution >= 4 is 5.97 Å². The molecule has 3 aliphatic rings. The molecule has 0 radical (unpaired) electrons. The van der Waals surface area contributed by atoms with Crippen molar-refractivity contribution in [1.82, 2.24) is 5.32 Å². The molecule has 3 heteroatoms. The average Bonchev–Trinajstić information content (AvgIpc) is 2.53. The first kappa shape index (κ1) is 15.5. The highest BCUT2D eigenvalue weighted by Gasteiger charge is 2.59. The summed E-state index contributed by atoms with van der Waals surface area (Å²) in [5, 5.41) is 3.67. The van der Waals surface area contributed by atoms with E-state index in [-0.39, 0.29) is 17.9 Å². The summed E-state index contributed by atoms with van der Waals surface area (Å²) < 4.78 is 5.32. The Hall–Kier alpha value is -1.35. The fraction of sp³-hybridized carbons (Fsp3) is 0.632. The van der Waals surface area contributed by atoms with Crippen molar-refractivity contribution < 1.29 is 9.53 Å². The lowest BCUT2D eigenvalue weighted by Gasteiger charge is -2.62. The fourth-order valence-electron chi connectivity index (χ4n) is 4.41. The van der Waals surface area contributed by atoms with Crippen LogP contribution in [0.3, 0.4) is 0 Å². The topological polar surface area (TPSA) is 38.3 Å². The van der Waals surface area contributed by atoms with Crippen molar-refractivity contribution in [3.63, 3.8) is 0 Å². The minimum absolute atomic E-state index is 0.0143. The third-order valence-electron chi connectivity index (χ3n) is 5.93. The summed E-state index contributed by atoms with van der Waals surface area (Å²) in [6.07, 6.45) is 2.21. The Morgan fingerprint density at radius 2 is 2.00 bits per heavy atom. The number of nitrogens with one attached hydrogen (secondary N) is 1. The first-order chi connectivity index (χ1) is 10.5. The number of fused-ring (bicyclic) bond motifs is 2. The molecule has 4 rings (SSSR count). The van der Waals surface area contributed by atoms with Crippen molar-refractivity contribution in [3.05, 3.63) is 35.9 Å². The van der Waals surface area contributed by atoms with Crippen LogP contribution in [0.15, 0.2) is 30.3 Å². The SMILES string of the molecule is CCOC(=O)[C@@H]1C[C@H]2C[C@@H]([C@H]1NCc1ccccc1)C2(C)C. The molecule has 0 aliphatic heterocycles. The van der Waals surface area contributed by atoms with E-state index in [1.807, 2.05) is 13.0 Å². The van der Waals surface area contributed by atoms with Gasteiger partial charge in [-0.2, -0.15) is 0 Å². The summed E-state index contributed by atoms with van der Waals surface area (Å²) in [5.74, 6) is 1.24. The number of ether oxygens (including phenoxy) is 1. The summed E-state index contributed by atoms with van der Waals surface area (Å²) in [4.78, 5) is 12.3. The average molecular weight is 301 g/mol. The van der Waals surface area contributed by atoms with Crippen LogP contribution in [-0.2, 0) is 16.1 Å². The minimum Gasteiger partial charge on any atom is -0.466 e. The third-order valence-corrected chi connectivity index (χ3v) is 5.93. The monoisotopic (exact) mass is 301 g/mol. The second kappa shape index (κ2) is 6.04. The number of hydrogen-bond acceptors (Lipinski definition) is 3. The van der Waals surface area contributed by atoms with Gasteiger partial charge in [-0.1, -0.05) is 44.2 Å². The number of rotatable bonds is 5. The van der Waals surface area contributed by atoms with E-state index in [9.17, 15) is 4.79 Å². The van der Waals surface area contributed by atoms with Gasteiger partial charge in [0.2, 0.25) is 0 Å². The normalized spacial score (nSPS) is 32.1. The zero-order valence-electron chi connectivity index (χ0n) is 13.8.